The number of carbonyl (C=O) groups is 3. The number of urea groups is 1. The summed E-state index contributed by atoms with van der Waals surface area (Å²) in [5.74, 6) is -0.303. The number of amides is 3. The highest BCUT2D eigenvalue weighted by Gasteiger charge is 2.23. The van der Waals surface area contributed by atoms with E-state index in [4.69, 9.17) is 13.7 Å². The summed E-state index contributed by atoms with van der Waals surface area (Å²) in [6.45, 7) is 1.40. The lowest BCUT2D eigenvalue weighted by molar-refractivity contribution is -0.154. The lowest BCUT2D eigenvalue weighted by atomic mass is 10.2. The Hall–Kier alpha value is -3.17. The normalized spacial score (nSPS) is 15.2. The van der Waals surface area contributed by atoms with Crippen LogP contribution in [0.15, 0.2) is 27.3 Å². The molecule has 1 atom stereocenters. The van der Waals surface area contributed by atoms with Gasteiger partial charge in [0.15, 0.2) is 11.9 Å². The Kier molecular flexibility index (Phi) is 6.41. The number of imide groups is 1. The van der Waals surface area contributed by atoms with Gasteiger partial charge in [0.2, 0.25) is 11.7 Å². The molecule has 0 aromatic carbocycles. The molecule has 3 rings (SSSR count). The zero-order valence-electron chi connectivity index (χ0n) is 15.5. The van der Waals surface area contributed by atoms with Crippen LogP contribution in [0.2, 0.25) is 0 Å². The minimum atomic E-state index is -1.09. The molecule has 2 heterocycles. The third kappa shape index (κ3) is 5.41. The summed E-state index contributed by atoms with van der Waals surface area (Å²) in [5.41, 5.74) is 0. The van der Waals surface area contributed by atoms with E-state index in [9.17, 15) is 14.4 Å². The van der Waals surface area contributed by atoms with Crippen LogP contribution in [0, 0.1) is 0 Å². The number of furan rings is 1. The first-order chi connectivity index (χ1) is 13.5. The first-order valence-electron chi connectivity index (χ1n) is 9.18. The van der Waals surface area contributed by atoms with Gasteiger partial charge in [-0.05, 0) is 31.9 Å². The van der Waals surface area contributed by atoms with E-state index in [1.165, 1.54) is 13.2 Å². The molecule has 2 aromatic heterocycles. The summed E-state index contributed by atoms with van der Waals surface area (Å²) in [4.78, 5) is 39.8. The van der Waals surface area contributed by atoms with Crippen molar-refractivity contribution in [1.82, 2.24) is 20.8 Å². The van der Waals surface area contributed by atoms with Gasteiger partial charge in [-0.15, -0.1) is 0 Å². The number of aromatic nitrogens is 2. The second kappa shape index (κ2) is 9.16. The Morgan fingerprint density at radius 1 is 1.32 bits per heavy atom. The van der Waals surface area contributed by atoms with E-state index in [1.54, 1.807) is 12.1 Å². The second-order valence-electron chi connectivity index (χ2n) is 6.57. The Bertz CT molecular complexity index is 810. The van der Waals surface area contributed by atoms with E-state index < -0.39 is 24.0 Å². The molecule has 0 spiro atoms. The van der Waals surface area contributed by atoms with Crippen molar-refractivity contribution in [3.8, 4) is 11.6 Å². The molecule has 1 aliphatic carbocycles. The molecule has 1 unspecified atom stereocenters. The van der Waals surface area contributed by atoms with Crippen molar-refractivity contribution in [2.24, 2.45) is 0 Å². The average molecular weight is 390 g/mol. The zero-order valence-corrected chi connectivity index (χ0v) is 15.5. The molecule has 0 radical (unpaired) electrons. The smallest absolute Gasteiger partial charge is 0.321 e. The maximum absolute atomic E-state index is 12.0. The molecular weight excluding hydrogens is 368 g/mol. The maximum Gasteiger partial charge on any atom is 0.321 e. The van der Waals surface area contributed by atoms with Crippen molar-refractivity contribution in [3.63, 3.8) is 0 Å². The van der Waals surface area contributed by atoms with Crippen LogP contribution >= 0.6 is 0 Å². The van der Waals surface area contributed by atoms with Crippen LogP contribution in [0.25, 0.3) is 11.6 Å². The first-order valence-corrected chi connectivity index (χ1v) is 9.18. The molecule has 28 heavy (non-hydrogen) atoms. The van der Waals surface area contributed by atoms with Crippen LogP contribution in [0.4, 0.5) is 4.79 Å². The predicted molar refractivity (Wildman–Crippen MR) is 94.8 cm³/mol. The molecule has 10 nitrogen and oxygen atoms in total. The van der Waals surface area contributed by atoms with E-state index >= 15 is 0 Å². The topological polar surface area (TPSA) is 137 Å². The number of carbonyl (C=O) groups excluding carboxylic acids is 3. The van der Waals surface area contributed by atoms with Crippen molar-refractivity contribution in [2.75, 3.05) is 0 Å². The molecule has 1 saturated carbocycles. The standard InChI is InChI=1S/C18H22N4O6/c1-11(17(24)21-18(25)19-12-5-2-3-6-12)27-15(23)9-8-14-20-16(22-28-14)13-7-4-10-26-13/h4,7,10-12H,2-3,5-6,8-9H2,1H3,(H2,19,21,24,25). The van der Waals surface area contributed by atoms with E-state index in [2.05, 4.69) is 20.8 Å². The van der Waals surface area contributed by atoms with Gasteiger partial charge < -0.3 is 19.0 Å². The molecule has 0 aliphatic heterocycles. The van der Waals surface area contributed by atoms with Gasteiger partial charge >= 0.3 is 12.0 Å². The molecular formula is C18H22N4O6. The number of nitrogens with one attached hydrogen (secondary N) is 2. The average Bonchev–Trinajstić information content (AvgIpc) is 3.41. The molecule has 2 N–H and O–H groups in total. The fourth-order valence-electron chi connectivity index (χ4n) is 2.89. The molecule has 0 bridgehead atoms. The number of esters is 1. The minimum Gasteiger partial charge on any atom is -0.461 e. The summed E-state index contributed by atoms with van der Waals surface area (Å²) < 4.78 is 15.2. The number of aryl methyl sites for hydroxylation is 1. The van der Waals surface area contributed by atoms with Gasteiger partial charge in [-0.2, -0.15) is 4.98 Å². The highest BCUT2D eigenvalue weighted by Crippen LogP contribution is 2.17. The quantitative estimate of drug-likeness (QED) is 0.685. The van der Waals surface area contributed by atoms with Crippen molar-refractivity contribution in [3.05, 3.63) is 24.3 Å². The van der Waals surface area contributed by atoms with Gasteiger partial charge in [0.25, 0.3) is 5.91 Å². The number of rotatable bonds is 7. The van der Waals surface area contributed by atoms with Gasteiger partial charge in [0, 0.05) is 12.5 Å². The van der Waals surface area contributed by atoms with Crippen LogP contribution < -0.4 is 10.6 Å². The molecule has 150 valence electrons. The van der Waals surface area contributed by atoms with E-state index in [0.29, 0.717) is 5.76 Å². The molecule has 1 fully saturated rings. The van der Waals surface area contributed by atoms with Gasteiger partial charge in [-0.25, -0.2) is 4.79 Å². The zero-order chi connectivity index (χ0) is 19.9. The Morgan fingerprint density at radius 2 is 2.11 bits per heavy atom. The van der Waals surface area contributed by atoms with E-state index in [1.807, 2.05) is 0 Å². The predicted octanol–water partition coefficient (Wildman–Crippen LogP) is 1.96. The second-order valence-corrected chi connectivity index (χ2v) is 6.57. The molecule has 3 amide bonds. The largest absolute Gasteiger partial charge is 0.461 e. The van der Waals surface area contributed by atoms with Gasteiger partial charge in [0.1, 0.15) is 0 Å². The molecule has 0 saturated heterocycles. The Labute approximate surface area is 161 Å². The summed E-state index contributed by atoms with van der Waals surface area (Å²) in [6.07, 6.45) is 4.44. The summed E-state index contributed by atoms with van der Waals surface area (Å²) >= 11 is 0. The number of nitrogens with zero attached hydrogens (tertiary/aromatic N) is 2. The van der Waals surface area contributed by atoms with E-state index in [-0.39, 0.29) is 30.6 Å². The minimum absolute atomic E-state index is 0.0499. The maximum atomic E-state index is 12.0. The fraction of sp³-hybridized carbons (Fsp3) is 0.500. The third-order valence-corrected chi connectivity index (χ3v) is 4.36. The van der Waals surface area contributed by atoms with E-state index in [0.717, 1.165) is 25.7 Å². The third-order valence-electron chi connectivity index (χ3n) is 4.36. The van der Waals surface area contributed by atoms with Crippen molar-refractivity contribution in [1.29, 1.82) is 0 Å². The highest BCUT2D eigenvalue weighted by molar-refractivity contribution is 5.97. The lowest BCUT2D eigenvalue weighted by Gasteiger charge is -2.15. The van der Waals surface area contributed by atoms with Gasteiger partial charge in [0.05, 0.1) is 12.7 Å². The van der Waals surface area contributed by atoms with Crippen molar-refractivity contribution < 1.29 is 28.1 Å². The molecule has 10 heteroatoms. The number of hydrogen-bond acceptors (Lipinski definition) is 8. The van der Waals surface area contributed by atoms with Crippen LogP contribution in [0.1, 0.15) is 44.9 Å². The Balaban J connectivity index is 1.38. The number of hydrogen-bond donors (Lipinski definition) is 2. The van der Waals surface area contributed by atoms with Gasteiger partial charge in [-0.1, -0.05) is 18.0 Å². The SMILES string of the molecule is CC(OC(=O)CCc1nc(-c2ccco2)no1)C(=O)NC(=O)NC1CCCC1. The van der Waals surface area contributed by atoms with Crippen molar-refractivity contribution >= 4 is 17.9 Å². The number of ether oxygens (including phenoxy) is 1. The van der Waals surface area contributed by atoms with Crippen LogP contribution in [0.3, 0.4) is 0 Å². The molecule has 1 aliphatic rings. The summed E-state index contributed by atoms with van der Waals surface area (Å²) in [6, 6.07) is 2.90. The summed E-state index contributed by atoms with van der Waals surface area (Å²) in [7, 11) is 0. The Morgan fingerprint density at radius 3 is 2.82 bits per heavy atom. The fourth-order valence-corrected chi connectivity index (χ4v) is 2.89. The highest BCUT2D eigenvalue weighted by atomic mass is 16.5. The first kappa shape index (κ1) is 19.6. The lowest BCUT2D eigenvalue weighted by Crippen LogP contribution is -2.47. The van der Waals surface area contributed by atoms with Crippen LogP contribution in [-0.2, 0) is 20.7 Å². The van der Waals surface area contributed by atoms with Crippen molar-refractivity contribution in [2.45, 2.75) is 57.6 Å². The molecule has 2 aromatic rings. The van der Waals surface area contributed by atoms with Gasteiger partial charge in [-0.3, -0.25) is 14.9 Å². The monoisotopic (exact) mass is 390 g/mol. The summed E-state index contributed by atoms with van der Waals surface area (Å²) in [5, 5.41) is 8.68. The van der Waals surface area contributed by atoms with Crippen LogP contribution in [0.5, 0.6) is 0 Å². The van der Waals surface area contributed by atoms with Crippen LogP contribution in [-0.4, -0.2) is 40.2 Å².